The van der Waals surface area contributed by atoms with Gasteiger partial charge in [0.2, 0.25) is 11.8 Å². The number of hydrogen-bond acceptors (Lipinski definition) is 5. The lowest BCUT2D eigenvalue weighted by atomic mass is 9.32. The second-order valence-electron chi connectivity index (χ2n) is 20.7. The third-order valence-electron chi connectivity index (χ3n) is 17.3. The molecule has 0 aromatic rings. The predicted octanol–water partition coefficient (Wildman–Crippen LogP) is 8.57. The molecule has 8 heteroatoms. The van der Waals surface area contributed by atoms with Crippen LogP contribution in [0.2, 0.25) is 0 Å². The molecule has 0 aromatic carbocycles. The third-order valence-corrected chi connectivity index (χ3v) is 17.3. The molecule has 0 radical (unpaired) electrons. The van der Waals surface area contributed by atoms with Gasteiger partial charge < -0.3 is 20.1 Å². The summed E-state index contributed by atoms with van der Waals surface area (Å²) in [7, 11) is 0. The largest absolute Gasteiger partial charge is 0.481 e. The van der Waals surface area contributed by atoms with Gasteiger partial charge in [0.15, 0.2) is 0 Å². The molecule has 0 bridgehead atoms. The molecule has 11 atom stereocenters. The van der Waals surface area contributed by atoms with Crippen molar-refractivity contribution in [1.29, 1.82) is 0 Å². The highest BCUT2D eigenvalue weighted by Crippen LogP contribution is 2.78. The Morgan fingerprint density at radius 2 is 1.60 bits per heavy atom. The molecule has 1 aliphatic heterocycles. The average Bonchev–Trinajstić information content (AvgIpc) is 3.68. The molecule has 6 aliphatic rings. The summed E-state index contributed by atoms with van der Waals surface area (Å²) in [5, 5.41) is 12.7. The molecular weight excluding hydrogens is 652 g/mol. The summed E-state index contributed by atoms with van der Waals surface area (Å²) in [4.78, 5) is 53.1. The van der Waals surface area contributed by atoms with Crippen LogP contribution in [0.1, 0.15) is 152 Å². The normalized spacial score (nSPS) is 42.2. The van der Waals surface area contributed by atoms with E-state index in [0.717, 1.165) is 64.3 Å². The van der Waals surface area contributed by atoms with Crippen LogP contribution in [0.4, 0.5) is 0 Å². The summed E-state index contributed by atoms with van der Waals surface area (Å²) in [6.45, 7) is 25.6. The predicted molar refractivity (Wildman–Crippen MR) is 203 cm³/mol. The van der Waals surface area contributed by atoms with E-state index in [4.69, 9.17) is 4.74 Å². The Balaban J connectivity index is 1.22. The Morgan fingerprint density at radius 1 is 0.885 bits per heavy atom. The van der Waals surface area contributed by atoms with Gasteiger partial charge in [0.1, 0.15) is 6.10 Å². The minimum atomic E-state index is -1.15. The first-order valence-corrected chi connectivity index (χ1v) is 20.8. The molecule has 0 spiro atoms. The van der Waals surface area contributed by atoms with Crippen LogP contribution in [-0.2, 0) is 23.9 Å². The van der Waals surface area contributed by atoms with Crippen molar-refractivity contribution in [2.45, 2.75) is 164 Å². The highest BCUT2D eigenvalue weighted by atomic mass is 16.5. The van der Waals surface area contributed by atoms with E-state index in [1.165, 1.54) is 18.4 Å². The van der Waals surface area contributed by atoms with Crippen LogP contribution in [-0.4, -0.2) is 59.0 Å². The number of carboxylic acids is 1. The molecule has 2 amide bonds. The van der Waals surface area contributed by atoms with E-state index in [1.54, 1.807) is 13.8 Å². The number of allylic oxidation sites excluding steroid dienone is 1. The first-order valence-electron chi connectivity index (χ1n) is 20.8. The maximum atomic E-state index is 14.1. The van der Waals surface area contributed by atoms with Crippen molar-refractivity contribution >= 4 is 23.8 Å². The zero-order chi connectivity index (χ0) is 38.2. The zero-order valence-electron chi connectivity index (χ0n) is 34.0. The molecule has 52 heavy (non-hydrogen) atoms. The smallest absolute Gasteiger partial charge is 0.309 e. The maximum absolute atomic E-state index is 14.1. The number of esters is 1. The van der Waals surface area contributed by atoms with Crippen molar-refractivity contribution < 1.29 is 29.0 Å². The van der Waals surface area contributed by atoms with E-state index in [1.807, 2.05) is 11.8 Å². The number of fused-ring (bicyclic) bond motifs is 7. The Kier molecular flexibility index (Phi) is 10.2. The van der Waals surface area contributed by atoms with E-state index >= 15 is 0 Å². The number of carbonyl (C=O) groups excluding carboxylic acids is 3. The van der Waals surface area contributed by atoms with Crippen LogP contribution in [0.15, 0.2) is 12.2 Å². The molecule has 1 heterocycles. The van der Waals surface area contributed by atoms with Crippen molar-refractivity contribution in [3.8, 4) is 0 Å². The minimum absolute atomic E-state index is 0.0130. The molecule has 1 saturated heterocycles. The van der Waals surface area contributed by atoms with Crippen LogP contribution in [0.25, 0.3) is 0 Å². The number of amides is 2. The van der Waals surface area contributed by atoms with Gasteiger partial charge in [0.05, 0.1) is 11.8 Å². The van der Waals surface area contributed by atoms with Crippen molar-refractivity contribution in [3.05, 3.63) is 12.2 Å². The lowest BCUT2D eigenvalue weighted by Crippen LogP contribution is -2.67. The number of likely N-dealkylation sites (tertiary alicyclic amines) is 1. The maximum Gasteiger partial charge on any atom is 0.309 e. The fourth-order valence-corrected chi connectivity index (χ4v) is 14.3. The van der Waals surface area contributed by atoms with Gasteiger partial charge in [-0.2, -0.15) is 0 Å². The molecule has 8 nitrogen and oxygen atoms in total. The number of rotatable bonds is 9. The average molecular weight is 723 g/mol. The van der Waals surface area contributed by atoms with Crippen molar-refractivity contribution in [2.75, 3.05) is 13.1 Å². The fraction of sp³-hybridized carbons (Fsp3) is 0.864. The number of carbonyl (C=O) groups is 4. The fourth-order valence-electron chi connectivity index (χ4n) is 14.3. The van der Waals surface area contributed by atoms with Gasteiger partial charge >= 0.3 is 11.9 Å². The van der Waals surface area contributed by atoms with Gasteiger partial charge in [-0.3, -0.25) is 19.2 Å². The molecule has 6 rings (SSSR count). The van der Waals surface area contributed by atoms with Crippen LogP contribution in [0.3, 0.4) is 0 Å². The van der Waals surface area contributed by atoms with E-state index < -0.39 is 17.4 Å². The zero-order valence-corrected chi connectivity index (χ0v) is 34.0. The van der Waals surface area contributed by atoms with Gasteiger partial charge in [-0.05, 0) is 143 Å². The SMILES string of the molecule is C=C(C)[C@@H]1CC[C@]2(CC(=O)N3CC[C@@H](NC(=O)CC)C3)CC[C@]3(C)[C@H](CC[C@@H]4[C@@]5(C)CC[C@H](OC(=O)CC(C)(C)C(=O)O)C(C)(C)[C@@H]5CC[C@]43C)[C@@H]12. The van der Waals surface area contributed by atoms with E-state index in [2.05, 4.69) is 53.4 Å². The number of hydrogen-bond donors (Lipinski definition) is 2. The second-order valence-corrected chi connectivity index (χ2v) is 20.7. The molecule has 5 aliphatic carbocycles. The van der Waals surface area contributed by atoms with Gasteiger partial charge in [0.25, 0.3) is 0 Å². The number of nitrogens with zero attached hydrogens (tertiary/aromatic N) is 1. The molecule has 5 saturated carbocycles. The van der Waals surface area contributed by atoms with E-state index in [-0.39, 0.29) is 57.5 Å². The van der Waals surface area contributed by atoms with Crippen molar-refractivity contribution in [3.63, 3.8) is 0 Å². The number of nitrogens with one attached hydrogen (secondary N) is 1. The topological polar surface area (TPSA) is 113 Å². The quantitative estimate of drug-likeness (QED) is 0.182. The second kappa shape index (κ2) is 13.4. The van der Waals surface area contributed by atoms with Crippen LogP contribution >= 0.6 is 0 Å². The molecule has 0 aromatic heterocycles. The third kappa shape index (κ3) is 6.16. The van der Waals surface area contributed by atoms with Gasteiger partial charge in [-0.15, -0.1) is 0 Å². The molecular formula is C44H70N2O6. The monoisotopic (exact) mass is 723 g/mol. The molecule has 6 fully saturated rings. The standard InChI is InChI=1S/C44H70N2O6/c1-11-34(47)45-28-17-23-46(26-28)35(48)24-44-20-14-29(27(2)3)37(44)30-12-13-32-41(8)18-16-33(52-36(49)25-39(4,5)38(50)51)40(6,7)31(41)15-19-43(32,10)42(30,9)21-22-44/h28-33,37H,2,11-26H2,1,3-10H3,(H,45,47)(H,50,51)/t28-,29+,30-,31+,32-,33+,37-,41+,42-,43-,44-/m1/s1. The number of aliphatic carboxylic acids is 1. The van der Waals surface area contributed by atoms with E-state index in [0.29, 0.717) is 49.0 Å². The van der Waals surface area contributed by atoms with E-state index in [9.17, 15) is 24.3 Å². The minimum Gasteiger partial charge on any atom is -0.481 e. The summed E-state index contributed by atoms with van der Waals surface area (Å²) in [6, 6.07) is 0.0639. The molecule has 292 valence electrons. The van der Waals surface area contributed by atoms with Crippen LogP contribution in [0, 0.1) is 62.1 Å². The first kappa shape index (κ1) is 39.3. The van der Waals surface area contributed by atoms with Crippen molar-refractivity contribution in [2.24, 2.45) is 62.1 Å². The summed E-state index contributed by atoms with van der Waals surface area (Å²) in [6.07, 6.45) is 12.6. The number of ether oxygens (including phenoxy) is 1. The van der Waals surface area contributed by atoms with Gasteiger partial charge in [-0.1, -0.05) is 53.7 Å². The highest BCUT2D eigenvalue weighted by molar-refractivity contribution is 5.81. The number of carboxylic acid groups (broad SMARTS) is 1. The molecule has 0 unspecified atom stereocenters. The Bertz CT molecular complexity index is 1470. The van der Waals surface area contributed by atoms with Gasteiger partial charge in [0, 0.05) is 37.4 Å². The Labute approximate surface area is 314 Å². The summed E-state index contributed by atoms with van der Waals surface area (Å²) in [5.41, 5.74) is 0.407. The van der Waals surface area contributed by atoms with Crippen LogP contribution in [0.5, 0.6) is 0 Å². The lowest BCUT2D eigenvalue weighted by molar-refractivity contribution is -0.250. The first-order chi connectivity index (χ1) is 24.1. The van der Waals surface area contributed by atoms with Gasteiger partial charge in [-0.25, -0.2) is 0 Å². The summed E-state index contributed by atoms with van der Waals surface area (Å²) >= 11 is 0. The lowest BCUT2D eigenvalue weighted by Gasteiger charge is -2.73. The van der Waals surface area contributed by atoms with Crippen molar-refractivity contribution in [1.82, 2.24) is 10.2 Å². The Morgan fingerprint density at radius 3 is 2.25 bits per heavy atom. The summed E-state index contributed by atoms with van der Waals surface area (Å²) in [5.74, 6) is 1.43. The molecule has 2 N–H and O–H groups in total. The van der Waals surface area contributed by atoms with Crippen LogP contribution < -0.4 is 5.32 Å². The highest BCUT2D eigenvalue weighted by Gasteiger charge is 2.71. The summed E-state index contributed by atoms with van der Waals surface area (Å²) < 4.78 is 6.18. The Hall–Kier alpha value is -2.38.